The summed E-state index contributed by atoms with van der Waals surface area (Å²) < 4.78 is 15.6. The summed E-state index contributed by atoms with van der Waals surface area (Å²) in [4.78, 5) is 16.2. The first-order valence-electron chi connectivity index (χ1n) is 8.98. The van der Waals surface area contributed by atoms with Gasteiger partial charge in [-0.2, -0.15) is 5.26 Å². The topological polar surface area (TPSA) is 80.9 Å². The molecule has 6 heteroatoms. The first-order valence-corrected chi connectivity index (χ1v) is 8.98. The number of benzene rings is 1. The Balaban J connectivity index is 2.54. The van der Waals surface area contributed by atoms with Crippen LogP contribution in [0, 0.1) is 17.2 Å². The molecule has 1 aromatic rings. The second-order valence-electron chi connectivity index (χ2n) is 5.86. The Morgan fingerprint density at radius 1 is 1.19 bits per heavy atom. The van der Waals surface area contributed by atoms with Crippen molar-refractivity contribution in [2.24, 2.45) is 10.9 Å². The number of unbranched alkanes of at least 4 members (excludes halogenated alkanes) is 5. The van der Waals surface area contributed by atoms with Gasteiger partial charge in [-0.3, -0.25) is 9.79 Å². The van der Waals surface area contributed by atoms with Crippen molar-refractivity contribution in [2.45, 2.75) is 45.4 Å². The van der Waals surface area contributed by atoms with E-state index in [0.29, 0.717) is 23.8 Å². The monoisotopic (exact) mass is 360 g/mol. The van der Waals surface area contributed by atoms with Crippen LogP contribution in [0.25, 0.3) is 0 Å². The van der Waals surface area contributed by atoms with Gasteiger partial charge in [0.2, 0.25) is 0 Å². The van der Waals surface area contributed by atoms with Crippen LogP contribution < -0.4 is 9.47 Å². The van der Waals surface area contributed by atoms with Gasteiger partial charge in [-0.1, -0.05) is 39.0 Å². The summed E-state index contributed by atoms with van der Waals surface area (Å²) in [6, 6.07) is 7.04. The van der Waals surface area contributed by atoms with Gasteiger partial charge in [0.05, 0.1) is 26.9 Å². The van der Waals surface area contributed by atoms with Crippen molar-refractivity contribution < 1.29 is 19.0 Å². The molecule has 0 amide bonds. The predicted molar refractivity (Wildman–Crippen MR) is 101 cm³/mol. The Kier molecular flexibility index (Phi) is 10.5. The van der Waals surface area contributed by atoms with Crippen LogP contribution in [0.2, 0.25) is 0 Å². The second-order valence-corrected chi connectivity index (χ2v) is 5.86. The third-order valence-corrected chi connectivity index (χ3v) is 3.88. The van der Waals surface area contributed by atoms with E-state index in [1.54, 1.807) is 25.3 Å². The Morgan fingerprint density at radius 3 is 2.58 bits per heavy atom. The molecule has 142 valence electrons. The van der Waals surface area contributed by atoms with E-state index in [2.05, 4.69) is 11.9 Å². The van der Waals surface area contributed by atoms with Crippen molar-refractivity contribution in [3.05, 3.63) is 18.2 Å². The number of nitriles is 1. The van der Waals surface area contributed by atoms with Crippen LogP contribution >= 0.6 is 0 Å². The maximum Gasteiger partial charge on any atom is 0.328 e. The van der Waals surface area contributed by atoms with E-state index in [1.165, 1.54) is 32.6 Å². The quantitative estimate of drug-likeness (QED) is 0.312. The molecule has 1 atom stereocenters. The molecule has 0 saturated heterocycles. The second kappa shape index (κ2) is 12.8. The zero-order chi connectivity index (χ0) is 19.2. The van der Waals surface area contributed by atoms with E-state index in [0.717, 1.165) is 19.3 Å². The van der Waals surface area contributed by atoms with Gasteiger partial charge in [0.1, 0.15) is 17.2 Å². The molecule has 26 heavy (non-hydrogen) atoms. The fourth-order valence-corrected chi connectivity index (χ4v) is 2.34. The Morgan fingerprint density at radius 2 is 1.92 bits per heavy atom. The minimum Gasteiger partial charge on any atom is -0.497 e. The molecule has 1 rings (SSSR count). The van der Waals surface area contributed by atoms with Crippen LogP contribution in [0.3, 0.4) is 0 Å². The van der Waals surface area contributed by atoms with Crippen molar-refractivity contribution in [1.82, 2.24) is 0 Å². The first kappa shape index (κ1) is 21.5. The molecule has 0 fully saturated rings. The lowest BCUT2D eigenvalue weighted by Gasteiger charge is -2.08. The Bertz CT molecular complexity index is 623. The number of methoxy groups -OCH3 is 2. The molecule has 0 saturated carbocycles. The maximum absolute atomic E-state index is 12.0. The van der Waals surface area contributed by atoms with Crippen LogP contribution in [0.5, 0.6) is 11.5 Å². The molecule has 1 aromatic carbocycles. The molecule has 0 aliphatic rings. The summed E-state index contributed by atoms with van der Waals surface area (Å²) in [5.41, 5.74) is 0.482. The highest BCUT2D eigenvalue weighted by Crippen LogP contribution is 2.31. The number of nitrogens with zero attached hydrogens (tertiary/aromatic N) is 2. The lowest BCUT2D eigenvalue weighted by Crippen LogP contribution is -2.18. The van der Waals surface area contributed by atoms with E-state index in [9.17, 15) is 10.1 Å². The van der Waals surface area contributed by atoms with E-state index < -0.39 is 11.9 Å². The number of aliphatic imine (C=N–C) groups is 1. The molecular weight excluding hydrogens is 332 g/mol. The van der Waals surface area contributed by atoms with Crippen molar-refractivity contribution in [3.63, 3.8) is 0 Å². The molecule has 6 nitrogen and oxygen atoms in total. The zero-order valence-corrected chi connectivity index (χ0v) is 15.9. The van der Waals surface area contributed by atoms with Gasteiger partial charge < -0.3 is 14.2 Å². The molecule has 0 aliphatic heterocycles. The molecule has 0 N–H and O–H groups in total. The maximum atomic E-state index is 12.0. The standard InChI is InChI=1S/C20H28N2O4/c1-4-5-6-7-8-9-12-26-20(23)16(14-21)15-22-18-13-17(24-2)10-11-19(18)25-3/h10-11,13,15-16H,4-9,12H2,1-3H3. The zero-order valence-electron chi connectivity index (χ0n) is 15.9. The van der Waals surface area contributed by atoms with Gasteiger partial charge in [0, 0.05) is 12.3 Å². The van der Waals surface area contributed by atoms with Crippen LogP contribution in [-0.2, 0) is 9.53 Å². The number of carbonyl (C=O) groups is 1. The number of esters is 1. The lowest BCUT2D eigenvalue weighted by atomic mass is 10.1. The summed E-state index contributed by atoms with van der Waals surface area (Å²) >= 11 is 0. The molecule has 0 radical (unpaired) electrons. The molecular formula is C20H28N2O4. The summed E-state index contributed by atoms with van der Waals surface area (Å²) in [5.74, 6) is -0.492. The van der Waals surface area contributed by atoms with Crippen molar-refractivity contribution in [2.75, 3.05) is 20.8 Å². The normalized spacial score (nSPS) is 11.8. The first-order chi connectivity index (χ1) is 12.7. The number of rotatable bonds is 12. The highest BCUT2D eigenvalue weighted by Gasteiger charge is 2.17. The molecule has 0 aliphatic carbocycles. The van der Waals surface area contributed by atoms with Crippen LogP contribution in [-0.4, -0.2) is 33.0 Å². The van der Waals surface area contributed by atoms with Gasteiger partial charge in [0.15, 0.2) is 5.92 Å². The SMILES string of the molecule is CCCCCCCCOC(=O)C(C#N)C=Nc1cc(OC)ccc1OC. The van der Waals surface area contributed by atoms with Gasteiger partial charge in [-0.05, 0) is 18.6 Å². The van der Waals surface area contributed by atoms with Gasteiger partial charge in [0.25, 0.3) is 0 Å². The van der Waals surface area contributed by atoms with E-state index in [-0.39, 0.29) is 0 Å². The molecule has 0 heterocycles. The number of carbonyl (C=O) groups excluding carboxylic acids is 1. The third-order valence-electron chi connectivity index (χ3n) is 3.88. The molecule has 0 aromatic heterocycles. The number of ether oxygens (including phenoxy) is 3. The van der Waals surface area contributed by atoms with Crippen LogP contribution in [0.1, 0.15) is 45.4 Å². The van der Waals surface area contributed by atoms with Crippen molar-refractivity contribution >= 4 is 17.9 Å². The summed E-state index contributed by atoms with van der Waals surface area (Å²) in [5, 5.41) is 9.20. The van der Waals surface area contributed by atoms with Gasteiger partial charge >= 0.3 is 5.97 Å². The summed E-state index contributed by atoms with van der Waals surface area (Å²) in [6.07, 6.45) is 7.91. The predicted octanol–water partition coefficient (Wildman–Crippen LogP) is 4.45. The minimum atomic E-state index is -1.05. The Labute approximate surface area is 155 Å². The van der Waals surface area contributed by atoms with Crippen molar-refractivity contribution in [3.8, 4) is 17.6 Å². The van der Waals surface area contributed by atoms with Crippen molar-refractivity contribution in [1.29, 1.82) is 5.26 Å². The smallest absolute Gasteiger partial charge is 0.328 e. The molecule has 0 spiro atoms. The van der Waals surface area contributed by atoms with Crippen LogP contribution in [0.15, 0.2) is 23.2 Å². The van der Waals surface area contributed by atoms with Gasteiger partial charge in [-0.25, -0.2) is 0 Å². The highest BCUT2D eigenvalue weighted by atomic mass is 16.5. The average Bonchev–Trinajstić information content (AvgIpc) is 2.67. The number of hydrogen-bond acceptors (Lipinski definition) is 6. The average molecular weight is 360 g/mol. The largest absolute Gasteiger partial charge is 0.497 e. The highest BCUT2D eigenvalue weighted by molar-refractivity contribution is 5.94. The van der Waals surface area contributed by atoms with E-state index in [1.807, 2.05) is 6.07 Å². The fraction of sp³-hybridized carbons (Fsp3) is 0.550. The Hall–Kier alpha value is -2.55. The van der Waals surface area contributed by atoms with Crippen LogP contribution in [0.4, 0.5) is 5.69 Å². The van der Waals surface area contributed by atoms with Gasteiger partial charge in [-0.15, -0.1) is 0 Å². The molecule has 0 bridgehead atoms. The lowest BCUT2D eigenvalue weighted by molar-refractivity contribution is -0.144. The summed E-state index contributed by atoms with van der Waals surface area (Å²) in [7, 11) is 3.07. The minimum absolute atomic E-state index is 0.333. The van der Waals surface area contributed by atoms with E-state index >= 15 is 0 Å². The van der Waals surface area contributed by atoms with E-state index in [4.69, 9.17) is 14.2 Å². The number of hydrogen-bond donors (Lipinski definition) is 0. The molecule has 1 unspecified atom stereocenters. The fourth-order valence-electron chi connectivity index (χ4n) is 2.34. The third kappa shape index (κ3) is 7.56. The summed E-state index contributed by atoms with van der Waals surface area (Å²) in [6.45, 7) is 2.51.